The molecule has 4 rings (SSSR count). The van der Waals surface area contributed by atoms with Crippen molar-refractivity contribution in [2.75, 3.05) is 32.8 Å². The Morgan fingerprint density at radius 1 is 1.15 bits per heavy atom. The van der Waals surface area contributed by atoms with Gasteiger partial charge in [0.2, 0.25) is 0 Å². The second-order valence-corrected chi connectivity index (χ2v) is 7.75. The Balaban J connectivity index is 1.49. The third-order valence-electron chi connectivity index (χ3n) is 5.62. The summed E-state index contributed by atoms with van der Waals surface area (Å²) in [5, 5.41) is 14.0. The van der Waals surface area contributed by atoms with Gasteiger partial charge in [-0.05, 0) is 58.8 Å². The van der Waals surface area contributed by atoms with Gasteiger partial charge in [-0.15, -0.1) is 5.10 Å². The third kappa shape index (κ3) is 5.37. The molecule has 1 N–H and O–H groups in total. The van der Waals surface area contributed by atoms with Crippen molar-refractivity contribution in [1.29, 1.82) is 0 Å². The van der Waals surface area contributed by atoms with Gasteiger partial charge in [0.25, 0.3) is 5.91 Å². The highest BCUT2D eigenvalue weighted by atomic mass is 19.4. The van der Waals surface area contributed by atoms with Gasteiger partial charge in [-0.3, -0.25) is 9.69 Å². The average Bonchev–Trinajstić information content (AvgIpc) is 3.34. The summed E-state index contributed by atoms with van der Waals surface area (Å²) in [4.78, 5) is 15.0. The van der Waals surface area contributed by atoms with Gasteiger partial charge in [0.05, 0.1) is 30.5 Å². The summed E-state index contributed by atoms with van der Waals surface area (Å²) >= 11 is 0. The highest BCUT2D eigenvalue weighted by molar-refractivity contribution is 5.94. The summed E-state index contributed by atoms with van der Waals surface area (Å²) in [6.45, 7) is 4.42. The first kappa shape index (κ1) is 22.9. The van der Waals surface area contributed by atoms with Crippen molar-refractivity contribution in [2.45, 2.75) is 19.1 Å². The lowest BCUT2D eigenvalue weighted by Crippen LogP contribution is -2.43. The van der Waals surface area contributed by atoms with Gasteiger partial charge in [-0.1, -0.05) is 12.1 Å². The van der Waals surface area contributed by atoms with Crippen LogP contribution in [0.3, 0.4) is 0 Å². The molecule has 11 heteroatoms. The SMILES string of the molecule is Cc1cc(C(=O)NCC(c2ccc(C(F)(F)F)cc2)N2CCOCC2)ccc1-n1cnnn1. The molecule has 0 spiro atoms. The molecule has 1 atom stereocenters. The highest BCUT2D eigenvalue weighted by Crippen LogP contribution is 2.31. The van der Waals surface area contributed by atoms with E-state index in [-0.39, 0.29) is 18.5 Å². The molecule has 8 nitrogen and oxygen atoms in total. The first-order valence-electron chi connectivity index (χ1n) is 10.4. The minimum atomic E-state index is -4.40. The normalized spacial score (nSPS) is 15.9. The fraction of sp³-hybridized carbons (Fsp3) is 0.364. The number of nitrogens with one attached hydrogen (secondary N) is 1. The predicted octanol–water partition coefficient (Wildman–Crippen LogP) is 2.79. The zero-order valence-electron chi connectivity index (χ0n) is 17.9. The van der Waals surface area contributed by atoms with Crippen LogP contribution in [0.1, 0.15) is 33.1 Å². The second kappa shape index (κ2) is 9.67. The van der Waals surface area contributed by atoms with Crippen LogP contribution < -0.4 is 5.32 Å². The van der Waals surface area contributed by atoms with E-state index in [0.29, 0.717) is 37.4 Å². The molecule has 0 saturated carbocycles. The summed E-state index contributed by atoms with van der Waals surface area (Å²) in [5.41, 5.74) is 2.05. The standard InChI is InChI=1S/C22H23F3N6O2/c1-15-12-17(4-7-19(15)31-14-27-28-29-31)21(32)26-13-20(30-8-10-33-11-9-30)16-2-5-18(6-3-16)22(23,24)25/h2-7,12,14,20H,8-11,13H2,1H3,(H,26,32). The Bertz CT molecular complexity index is 1080. The van der Waals surface area contributed by atoms with Crippen LogP contribution in [0.2, 0.25) is 0 Å². The number of nitrogens with zero attached hydrogens (tertiary/aromatic N) is 5. The van der Waals surface area contributed by atoms with Gasteiger partial charge in [0.15, 0.2) is 0 Å². The van der Waals surface area contributed by atoms with Crippen molar-refractivity contribution in [3.8, 4) is 5.69 Å². The number of halogens is 3. The third-order valence-corrected chi connectivity index (χ3v) is 5.62. The zero-order chi connectivity index (χ0) is 23.4. The second-order valence-electron chi connectivity index (χ2n) is 7.75. The molecule has 1 aliphatic heterocycles. The van der Waals surface area contributed by atoms with Gasteiger partial charge in [0.1, 0.15) is 6.33 Å². The fourth-order valence-electron chi connectivity index (χ4n) is 3.86. The number of aromatic nitrogens is 4. The monoisotopic (exact) mass is 460 g/mol. The van der Waals surface area contributed by atoms with Crippen molar-refractivity contribution in [1.82, 2.24) is 30.4 Å². The maximum atomic E-state index is 13.0. The molecule has 1 amide bonds. The highest BCUT2D eigenvalue weighted by Gasteiger charge is 2.31. The molecule has 1 unspecified atom stereocenters. The number of alkyl halides is 3. The zero-order valence-corrected chi connectivity index (χ0v) is 17.9. The summed E-state index contributed by atoms with van der Waals surface area (Å²) in [5.74, 6) is -0.272. The maximum absolute atomic E-state index is 13.0. The van der Waals surface area contributed by atoms with Crippen LogP contribution >= 0.6 is 0 Å². The molecule has 0 radical (unpaired) electrons. The number of ether oxygens (including phenoxy) is 1. The number of carbonyl (C=O) groups is 1. The van der Waals surface area contributed by atoms with Gasteiger partial charge < -0.3 is 10.1 Å². The van der Waals surface area contributed by atoms with E-state index < -0.39 is 11.7 Å². The van der Waals surface area contributed by atoms with E-state index in [4.69, 9.17) is 4.74 Å². The number of carbonyl (C=O) groups excluding carboxylic acids is 1. The van der Waals surface area contributed by atoms with Crippen LogP contribution in [0.15, 0.2) is 48.8 Å². The number of aryl methyl sites for hydroxylation is 1. The van der Waals surface area contributed by atoms with Gasteiger partial charge >= 0.3 is 6.18 Å². The van der Waals surface area contributed by atoms with Crippen molar-refractivity contribution in [3.05, 3.63) is 71.0 Å². The van der Waals surface area contributed by atoms with Crippen LogP contribution in [0.25, 0.3) is 5.69 Å². The summed E-state index contributed by atoms with van der Waals surface area (Å²) < 4.78 is 45.8. The molecule has 174 valence electrons. The van der Waals surface area contributed by atoms with E-state index in [0.717, 1.165) is 23.4 Å². The quantitative estimate of drug-likeness (QED) is 0.609. The first-order chi connectivity index (χ1) is 15.8. The topological polar surface area (TPSA) is 85.2 Å². The number of hydrogen-bond donors (Lipinski definition) is 1. The van der Waals surface area contributed by atoms with E-state index in [1.807, 2.05) is 6.92 Å². The minimum Gasteiger partial charge on any atom is -0.379 e. The Morgan fingerprint density at radius 3 is 2.48 bits per heavy atom. The average molecular weight is 460 g/mol. The maximum Gasteiger partial charge on any atom is 0.416 e. The van der Waals surface area contributed by atoms with Crippen LogP contribution in [0.4, 0.5) is 13.2 Å². The van der Waals surface area contributed by atoms with Crippen LogP contribution in [0, 0.1) is 6.92 Å². The lowest BCUT2D eigenvalue weighted by atomic mass is 10.0. The van der Waals surface area contributed by atoms with Crippen LogP contribution in [0.5, 0.6) is 0 Å². The van der Waals surface area contributed by atoms with Crippen LogP contribution in [-0.2, 0) is 10.9 Å². The number of rotatable bonds is 6. The van der Waals surface area contributed by atoms with Crippen molar-refractivity contribution >= 4 is 5.91 Å². The Labute approximate surface area is 188 Å². The Morgan fingerprint density at radius 2 is 1.88 bits per heavy atom. The molecular formula is C22H23F3N6O2. The number of amides is 1. The largest absolute Gasteiger partial charge is 0.416 e. The minimum absolute atomic E-state index is 0.248. The number of hydrogen-bond acceptors (Lipinski definition) is 6. The van der Waals surface area contributed by atoms with E-state index in [1.165, 1.54) is 23.1 Å². The van der Waals surface area contributed by atoms with Crippen LogP contribution in [-0.4, -0.2) is 63.9 Å². The molecule has 1 aromatic heterocycles. The molecule has 2 aromatic carbocycles. The lowest BCUT2D eigenvalue weighted by molar-refractivity contribution is -0.137. The van der Waals surface area contributed by atoms with Gasteiger partial charge in [-0.25, -0.2) is 4.68 Å². The summed E-state index contributed by atoms with van der Waals surface area (Å²) in [6, 6.07) is 10.0. The molecular weight excluding hydrogens is 437 g/mol. The number of benzene rings is 2. The lowest BCUT2D eigenvalue weighted by Gasteiger charge is -2.35. The van der Waals surface area contributed by atoms with Gasteiger partial charge in [0, 0.05) is 25.2 Å². The summed E-state index contributed by atoms with van der Waals surface area (Å²) in [7, 11) is 0. The Hall–Kier alpha value is -3.31. The molecule has 1 aliphatic rings. The van der Waals surface area contributed by atoms with Crippen molar-refractivity contribution in [2.24, 2.45) is 0 Å². The molecule has 2 heterocycles. The number of morpholine rings is 1. The fourth-order valence-corrected chi connectivity index (χ4v) is 3.86. The molecule has 1 saturated heterocycles. The summed E-state index contributed by atoms with van der Waals surface area (Å²) in [6.07, 6.45) is -2.92. The molecule has 0 bridgehead atoms. The molecule has 3 aromatic rings. The smallest absolute Gasteiger partial charge is 0.379 e. The van der Waals surface area contributed by atoms with E-state index in [2.05, 4.69) is 25.7 Å². The molecule has 0 aliphatic carbocycles. The Kier molecular flexibility index (Phi) is 6.70. The number of tetrazole rings is 1. The van der Waals surface area contributed by atoms with E-state index >= 15 is 0 Å². The first-order valence-corrected chi connectivity index (χ1v) is 10.4. The predicted molar refractivity (Wildman–Crippen MR) is 113 cm³/mol. The molecule has 1 fully saturated rings. The van der Waals surface area contributed by atoms with Crippen molar-refractivity contribution in [3.63, 3.8) is 0 Å². The molecule has 33 heavy (non-hydrogen) atoms. The van der Waals surface area contributed by atoms with Gasteiger partial charge in [-0.2, -0.15) is 13.2 Å². The van der Waals surface area contributed by atoms with Crippen molar-refractivity contribution < 1.29 is 22.7 Å². The van der Waals surface area contributed by atoms with E-state index in [9.17, 15) is 18.0 Å². The van der Waals surface area contributed by atoms with E-state index in [1.54, 1.807) is 18.2 Å².